The molecule has 1 heterocycles. The van der Waals surface area contributed by atoms with E-state index >= 15 is 0 Å². The zero-order valence-corrected chi connectivity index (χ0v) is 15.5. The SMILES string of the molecule is O=C(CCc1ccccc1C(=O)O)NCCCN1CCc2ccccc2C1. The van der Waals surface area contributed by atoms with Crippen LogP contribution in [-0.2, 0) is 24.2 Å². The number of carbonyl (C=O) groups is 2. The lowest BCUT2D eigenvalue weighted by atomic mass is 10.00. The monoisotopic (exact) mass is 366 g/mol. The number of aromatic carboxylic acids is 1. The number of nitrogens with zero attached hydrogens (tertiary/aromatic N) is 1. The summed E-state index contributed by atoms with van der Waals surface area (Å²) in [5, 5.41) is 12.1. The minimum Gasteiger partial charge on any atom is -0.478 e. The van der Waals surface area contributed by atoms with Gasteiger partial charge in [0.25, 0.3) is 0 Å². The molecule has 2 aromatic carbocycles. The summed E-state index contributed by atoms with van der Waals surface area (Å²) in [6.07, 6.45) is 2.75. The van der Waals surface area contributed by atoms with Crippen LogP contribution in [0.25, 0.3) is 0 Å². The Morgan fingerprint density at radius 1 is 1.04 bits per heavy atom. The first-order valence-electron chi connectivity index (χ1n) is 9.50. The average molecular weight is 366 g/mol. The number of benzene rings is 2. The molecule has 0 unspecified atom stereocenters. The van der Waals surface area contributed by atoms with E-state index in [1.807, 2.05) is 0 Å². The minimum atomic E-state index is -0.950. The Morgan fingerprint density at radius 3 is 2.59 bits per heavy atom. The first-order valence-corrected chi connectivity index (χ1v) is 9.50. The Morgan fingerprint density at radius 2 is 1.78 bits per heavy atom. The molecule has 1 aliphatic rings. The van der Waals surface area contributed by atoms with E-state index in [4.69, 9.17) is 0 Å². The van der Waals surface area contributed by atoms with Crippen molar-refractivity contribution in [1.29, 1.82) is 0 Å². The summed E-state index contributed by atoms with van der Waals surface area (Å²) >= 11 is 0. The zero-order chi connectivity index (χ0) is 19.1. The van der Waals surface area contributed by atoms with Crippen LogP contribution >= 0.6 is 0 Å². The maximum absolute atomic E-state index is 12.0. The lowest BCUT2D eigenvalue weighted by Crippen LogP contribution is -2.33. The number of carbonyl (C=O) groups excluding carboxylic acids is 1. The number of fused-ring (bicyclic) bond motifs is 1. The molecule has 0 atom stereocenters. The highest BCUT2D eigenvalue weighted by atomic mass is 16.4. The first kappa shape index (κ1) is 19.1. The fraction of sp³-hybridized carbons (Fsp3) is 0.364. The Labute approximate surface area is 160 Å². The van der Waals surface area contributed by atoms with Gasteiger partial charge in [0.2, 0.25) is 5.91 Å². The summed E-state index contributed by atoms with van der Waals surface area (Å²) in [6.45, 7) is 3.67. The highest BCUT2D eigenvalue weighted by molar-refractivity contribution is 5.89. The van der Waals surface area contributed by atoms with E-state index in [9.17, 15) is 14.7 Å². The standard InChI is InChI=1S/C22H26N2O3/c25-21(11-10-18-7-3-4-9-20(18)22(26)27)23-13-5-14-24-15-12-17-6-1-2-8-19(17)16-24/h1-4,6-9H,5,10-16H2,(H,23,25)(H,26,27). The Hall–Kier alpha value is -2.66. The van der Waals surface area contributed by atoms with Crippen LogP contribution in [0.2, 0.25) is 0 Å². The van der Waals surface area contributed by atoms with Gasteiger partial charge in [0.1, 0.15) is 0 Å². The molecule has 2 N–H and O–H groups in total. The fourth-order valence-electron chi connectivity index (χ4n) is 3.56. The van der Waals surface area contributed by atoms with Crippen molar-refractivity contribution in [3.05, 3.63) is 70.8 Å². The molecular weight excluding hydrogens is 340 g/mol. The molecule has 2 aromatic rings. The Bertz CT molecular complexity index is 804. The van der Waals surface area contributed by atoms with Gasteiger partial charge >= 0.3 is 5.97 Å². The van der Waals surface area contributed by atoms with Crippen molar-refractivity contribution >= 4 is 11.9 Å². The summed E-state index contributed by atoms with van der Waals surface area (Å²) in [4.78, 5) is 25.7. The second-order valence-electron chi connectivity index (χ2n) is 6.96. The molecule has 0 saturated carbocycles. The van der Waals surface area contributed by atoms with E-state index in [1.165, 1.54) is 11.1 Å². The van der Waals surface area contributed by atoms with E-state index in [0.717, 1.165) is 32.5 Å². The number of hydrogen-bond donors (Lipinski definition) is 2. The van der Waals surface area contributed by atoms with Gasteiger partial charge in [0.15, 0.2) is 0 Å². The van der Waals surface area contributed by atoms with Gasteiger partial charge in [-0.3, -0.25) is 9.69 Å². The number of rotatable bonds is 8. The largest absolute Gasteiger partial charge is 0.478 e. The predicted molar refractivity (Wildman–Crippen MR) is 105 cm³/mol. The molecule has 0 aliphatic carbocycles. The predicted octanol–water partition coefficient (Wildman–Crippen LogP) is 2.88. The van der Waals surface area contributed by atoms with E-state index in [0.29, 0.717) is 24.9 Å². The molecule has 1 amide bonds. The van der Waals surface area contributed by atoms with Crippen LogP contribution < -0.4 is 5.32 Å². The molecule has 0 saturated heterocycles. The van der Waals surface area contributed by atoms with Crippen molar-refractivity contribution in [3.8, 4) is 0 Å². The van der Waals surface area contributed by atoms with Gasteiger partial charge in [-0.05, 0) is 42.0 Å². The minimum absolute atomic E-state index is 0.0285. The van der Waals surface area contributed by atoms with Crippen molar-refractivity contribution in [2.75, 3.05) is 19.6 Å². The lowest BCUT2D eigenvalue weighted by molar-refractivity contribution is -0.121. The molecule has 0 aromatic heterocycles. The first-order chi connectivity index (χ1) is 13.1. The number of amides is 1. The summed E-state index contributed by atoms with van der Waals surface area (Å²) in [5.41, 5.74) is 3.83. The molecule has 5 nitrogen and oxygen atoms in total. The topological polar surface area (TPSA) is 69.6 Å². The number of carboxylic acids is 1. The van der Waals surface area contributed by atoms with Gasteiger partial charge in [0.05, 0.1) is 5.56 Å². The molecule has 0 radical (unpaired) electrons. The van der Waals surface area contributed by atoms with Gasteiger partial charge in [0, 0.05) is 32.6 Å². The summed E-state index contributed by atoms with van der Waals surface area (Å²) < 4.78 is 0. The van der Waals surface area contributed by atoms with Crippen molar-refractivity contribution in [1.82, 2.24) is 10.2 Å². The van der Waals surface area contributed by atoms with Crippen LogP contribution in [0.5, 0.6) is 0 Å². The Kier molecular flexibility index (Phi) is 6.60. The van der Waals surface area contributed by atoms with E-state index in [1.54, 1.807) is 24.3 Å². The van der Waals surface area contributed by atoms with Crippen LogP contribution in [0.1, 0.15) is 39.9 Å². The fourth-order valence-corrected chi connectivity index (χ4v) is 3.56. The van der Waals surface area contributed by atoms with Gasteiger partial charge in [-0.25, -0.2) is 4.79 Å². The van der Waals surface area contributed by atoms with Crippen LogP contribution in [-0.4, -0.2) is 41.5 Å². The molecule has 1 aliphatic heterocycles. The van der Waals surface area contributed by atoms with Crippen molar-refractivity contribution in [3.63, 3.8) is 0 Å². The number of nitrogens with one attached hydrogen (secondary N) is 1. The molecule has 0 fully saturated rings. The number of aryl methyl sites for hydroxylation is 1. The third-order valence-corrected chi connectivity index (χ3v) is 5.05. The van der Waals surface area contributed by atoms with Crippen molar-refractivity contribution < 1.29 is 14.7 Å². The van der Waals surface area contributed by atoms with Gasteiger partial charge in [-0.15, -0.1) is 0 Å². The quantitative estimate of drug-likeness (QED) is 0.705. The molecule has 3 rings (SSSR count). The van der Waals surface area contributed by atoms with Crippen LogP contribution in [0.4, 0.5) is 0 Å². The maximum atomic E-state index is 12.0. The summed E-state index contributed by atoms with van der Waals surface area (Å²) in [7, 11) is 0. The second kappa shape index (κ2) is 9.33. The van der Waals surface area contributed by atoms with Crippen LogP contribution in [0, 0.1) is 0 Å². The maximum Gasteiger partial charge on any atom is 0.335 e. The molecule has 0 bridgehead atoms. The third-order valence-electron chi connectivity index (χ3n) is 5.05. The van der Waals surface area contributed by atoms with Gasteiger partial charge < -0.3 is 10.4 Å². The van der Waals surface area contributed by atoms with Crippen LogP contribution in [0.3, 0.4) is 0 Å². The molecule has 27 heavy (non-hydrogen) atoms. The summed E-state index contributed by atoms with van der Waals surface area (Å²) in [6, 6.07) is 15.4. The smallest absolute Gasteiger partial charge is 0.335 e. The average Bonchev–Trinajstić information content (AvgIpc) is 2.69. The highest BCUT2D eigenvalue weighted by Gasteiger charge is 2.15. The molecular formula is C22H26N2O3. The van der Waals surface area contributed by atoms with Gasteiger partial charge in [-0.1, -0.05) is 42.5 Å². The third kappa shape index (κ3) is 5.41. The van der Waals surface area contributed by atoms with E-state index in [2.05, 4.69) is 34.5 Å². The molecule has 142 valence electrons. The molecule has 5 heteroatoms. The highest BCUT2D eigenvalue weighted by Crippen LogP contribution is 2.18. The zero-order valence-electron chi connectivity index (χ0n) is 15.5. The van der Waals surface area contributed by atoms with E-state index in [-0.39, 0.29) is 11.5 Å². The summed E-state index contributed by atoms with van der Waals surface area (Å²) in [5.74, 6) is -0.978. The van der Waals surface area contributed by atoms with Crippen molar-refractivity contribution in [2.45, 2.75) is 32.2 Å². The normalized spacial score (nSPS) is 13.8. The number of hydrogen-bond acceptors (Lipinski definition) is 3. The van der Waals surface area contributed by atoms with Crippen molar-refractivity contribution in [2.24, 2.45) is 0 Å². The van der Waals surface area contributed by atoms with Crippen LogP contribution in [0.15, 0.2) is 48.5 Å². The lowest BCUT2D eigenvalue weighted by Gasteiger charge is -2.28. The Balaban J connectivity index is 1.35. The van der Waals surface area contributed by atoms with Gasteiger partial charge in [-0.2, -0.15) is 0 Å². The number of carboxylic acid groups (broad SMARTS) is 1. The molecule has 0 spiro atoms. The second-order valence-corrected chi connectivity index (χ2v) is 6.96. The van der Waals surface area contributed by atoms with E-state index < -0.39 is 5.97 Å².